The van der Waals surface area contributed by atoms with Gasteiger partial charge < -0.3 is 14.2 Å². The molecule has 0 unspecified atom stereocenters. The molecule has 31 heavy (non-hydrogen) atoms. The molecule has 0 saturated heterocycles. The minimum atomic E-state index is -3.69. The van der Waals surface area contributed by atoms with E-state index in [-0.39, 0.29) is 4.90 Å². The summed E-state index contributed by atoms with van der Waals surface area (Å²) in [5.74, 6) is 1.65. The first-order valence-electron chi connectivity index (χ1n) is 9.23. The number of ether oxygens (including phenoxy) is 3. The van der Waals surface area contributed by atoms with Crippen molar-refractivity contribution in [3.8, 4) is 17.2 Å². The molecule has 0 radical (unpaired) electrons. The molecular formula is C23H22ClNO5S. The summed E-state index contributed by atoms with van der Waals surface area (Å²) >= 11 is 5.82. The van der Waals surface area contributed by atoms with Gasteiger partial charge in [-0.2, -0.15) is 0 Å². The number of hydrogen-bond donors (Lipinski definition) is 1. The van der Waals surface area contributed by atoms with E-state index in [0.29, 0.717) is 28.0 Å². The van der Waals surface area contributed by atoms with Crippen LogP contribution in [0.1, 0.15) is 11.1 Å². The van der Waals surface area contributed by atoms with Gasteiger partial charge in [-0.1, -0.05) is 35.9 Å². The quantitative estimate of drug-likeness (QED) is 0.460. The van der Waals surface area contributed by atoms with E-state index in [1.807, 2.05) is 36.4 Å². The van der Waals surface area contributed by atoms with Crippen LogP contribution < -0.4 is 18.9 Å². The lowest BCUT2D eigenvalue weighted by atomic mass is 10.1. The number of anilines is 1. The summed E-state index contributed by atoms with van der Waals surface area (Å²) in [6.07, 6.45) is 3.80. The van der Waals surface area contributed by atoms with Crippen molar-refractivity contribution in [1.29, 1.82) is 0 Å². The van der Waals surface area contributed by atoms with Gasteiger partial charge in [0, 0.05) is 10.7 Å². The first-order valence-corrected chi connectivity index (χ1v) is 11.1. The number of methoxy groups -OCH3 is 3. The number of halogens is 1. The molecule has 3 aromatic carbocycles. The van der Waals surface area contributed by atoms with Crippen LogP contribution in [-0.4, -0.2) is 29.7 Å². The van der Waals surface area contributed by atoms with Crippen molar-refractivity contribution in [2.24, 2.45) is 0 Å². The van der Waals surface area contributed by atoms with Gasteiger partial charge in [0.2, 0.25) is 5.75 Å². The van der Waals surface area contributed by atoms with Crippen LogP contribution in [0.5, 0.6) is 17.2 Å². The Hall–Kier alpha value is -3.16. The fourth-order valence-corrected chi connectivity index (χ4v) is 4.06. The largest absolute Gasteiger partial charge is 0.493 e. The summed E-state index contributed by atoms with van der Waals surface area (Å²) in [4.78, 5) is 0.142. The lowest BCUT2D eigenvalue weighted by molar-refractivity contribution is 0.324. The Bertz CT molecular complexity index is 1150. The normalized spacial score (nSPS) is 11.4. The molecule has 0 atom stereocenters. The van der Waals surface area contributed by atoms with E-state index >= 15 is 0 Å². The maximum atomic E-state index is 12.5. The highest BCUT2D eigenvalue weighted by molar-refractivity contribution is 7.92. The van der Waals surface area contributed by atoms with Crippen molar-refractivity contribution in [3.63, 3.8) is 0 Å². The zero-order chi connectivity index (χ0) is 22.4. The maximum Gasteiger partial charge on any atom is 0.261 e. The van der Waals surface area contributed by atoms with Gasteiger partial charge in [0.25, 0.3) is 10.0 Å². The average molecular weight is 460 g/mol. The molecule has 0 amide bonds. The van der Waals surface area contributed by atoms with Gasteiger partial charge >= 0.3 is 0 Å². The second-order valence-electron chi connectivity index (χ2n) is 6.47. The lowest BCUT2D eigenvalue weighted by Crippen LogP contribution is -2.12. The molecular weight excluding hydrogens is 438 g/mol. The molecule has 3 rings (SSSR count). The highest BCUT2D eigenvalue weighted by Gasteiger charge is 2.14. The SMILES string of the molecule is COc1cc(/C=C\c2ccc(NS(=O)(=O)c3ccc(Cl)cc3)cc2)cc(OC)c1OC. The van der Waals surface area contributed by atoms with Crippen molar-refractivity contribution >= 4 is 39.5 Å². The fourth-order valence-electron chi connectivity index (χ4n) is 2.88. The molecule has 0 spiro atoms. The van der Waals surface area contributed by atoms with E-state index in [1.54, 1.807) is 33.5 Å². The van der Waals surface area contributed by atoms with Crippen LogP contribution in [0.25, 0.3) is 12.2 Å². The predicted molar refractivity (Wildman–Crippen MR) is 124 cm³/mol. The van der Waals surface area contributed by atoms with Crippen LogP contribution in [-0.2, 0) is 10.0 Å². The predicted octanol–water partition coefficient (Wildman–Crippen LogP) is 5.34. The standard InChI is InChI=1S/C23H22ClNO5S/c1-28-21-14-17(15-22(29-2)23(21)30-3)5-4-16-6-10-19(11-7-16)25-31(26,27)20-12-8-18(24)9-13-20/h4-15,25H,1-3H3/b5-4-. The molecule has 0 saturated carbocycles. The molecule has 0 aromatic heterocycles. The van der Waals surface area contributed by atoms with E-state index < -0.39 is 10.0 Å². The third-order valence-corrected chi connectivity index (χ3v) is 6.09. The number of rotatable bonds is 8. The topological polar surface area (TPSA) is 73.9 Å². The van der Waals surface area contributed by atoms with Gasteiger partial charge in [-0.15, -0.1) is 0 Å². The molecule has 8 heteroatoms. The Morgan fingerprint density at radius 1 is 0.774 bits per heavy atom. The molecule has 0 bridgehead atoms. The van der Waals surface area contributed by atoms with Crippen LogP contribution in [0.4, 0.5) is 5.69 Å². The lowest BCUT2D eigenvalue weighted by Gasteiger charge is -2.12. The smallest absolute Gasteiger partial charge is 0.261 e. The van der Waals surface area contributed by atoms with Gasteiger partial charge in [0.1, 0.15) is 0 Å². The summed E-state index contributed by atoms with van der Waals surface area (Å²) in [6.45, 7) is 0. The zero-order valence-corrected chi connectivity index (χ0v) is 18.8. The molecule has 162 valence electrons. The molecule has 1 N–H and O–H groups in total. The summed E-state index contributed by atoms with van der Waals surface area (Å²) < 4.78 is 43.6. The maximum absolute atomic E-state index is 12.5. The third kappa shape index (κ3) is 5.51. The summed E-state index contributed by atoms with van der Waals surface area (Å²) in [5, 5.41) is 0.474. The zero-order valence-electron chi connectivity index (χ0n) is 17.3. The van der Waals surface area contributed by atoms with Crippen molar-refractivity contribution in [2.75, 3.05) is 26.1 Å². The van der Waals surface area contributed by atoms with Crippen molar-refractivity contribution in [3.05, 3.63) is 76.8 Å². The molecule has 0 aliphatic carbocycles. The summed E-state index contributed by atoms with van der Waals surface area (Å²) in [7, 11) is 0.996. The minimum absolute atomic E-state index is 0.142. The van der Waals surface area contributed by atoms with Crippen molar-refractivity contribution in [2.45, 2.75) is 4.90 Å². The van der Waals surface area contributed by atoms with Gasteiger partial charge in [0.15, 0.2) is 11.5 Å². The Morgan fingerprint density at radius 2 is 1.32 bits per heavy atom. The number of benzene rings is 3. The van der Waals surface area contributed by atoms with E-state index in [9.17, 15) is 8.42 Å². The van der Waals surface area contributed by atoms with Crippen LogP contribution in [0.2, 0.25) is 5.02 Å². The molecule has 0 heterocycles. The van der Waals surface area contributed by atoms with Crippen molar-refractivity contribution in [1.82, 2.24) is 0 Å². The first-order chi connectivity index (χ1) is 14.9. The third-order valence-electron chi connectivity index (χ3n) is 4.44. The van der Waals surface area contributed by atoms with E-state index in [2.05, 4.69) is 4.72 Å². The van der Waals surface area contributed by atoms with Crippen LogP contribution in [0, 0.1) is 0 Å². The van der Waals surface area contributed by atoms with Gasteiger partial charge in [-0.25, -0.2) is 8.42 Å². The summed E-state index contributed by atoms with van der Waals surface area (Å²) in [5.41, 5.74) is 2.21. The highest BCUT2D eigenvalue weighted by Crippen LogP contribution is 2.38. The Kier molecular flexibility index (Phi) is 7.09. The van der Waals surface area contributed by atoms with E-state index in [4.69, 9.17) is 25.8 Å². The Balaban J connectivity index is 1.76. The molecule has 0 fully saturated rings. The molecule has 6 nitrogen and oxygen atoms in total. The fraction of sp³-hybridized carbons (Fsp3) is 0.130. The van der Waals surface area contributed by atoms with Crippen LogP contribution >= 0.6 is 11.6 Å². The van der Waals surface area contributed by atoms with Gasteiger partial charge in [-0.05, 0) is 59.7 Å². The molecule has 0 aliphatic rings. The van der Waals surface area contributed by atoms with E-state index in [0.717, 1.165) is 11.1 Å². The second kappa shape index (κ2) is 9.76. The van der Waals surface area contributed by atoms with Crippen molar-refractivity contribution < 1.29 is 22.6 Å². The average Bonchev–Trinajstić information content (AvgIpc) is 2.77. The number of sulfonamides is 1. The highest BCUT2D eigenvalue weighted by atomic mass is 35.5. The second-order valence-corrected chi connectivity index (χ2v) is 8.59. The van der Waals surface area contributed by atoms with Gasteiger partial charge in [0.05, 0.1) is 26.2 Å². The Morgan fingerprint density at radius 3 is 1.84 bits per heavy atom. The molecule has 3 aromatic rings. The summed E-state index contributed by atoms with van der Waals surface area (Å²) in [6, 6.07) is 16.7. The van der Waals surface area contributed by atoms with Crippen LogP contribution in [0.3, 0.4) is 0 Å². The Labute approximate surface area is 187 Å². The van der Waals surface area contributed by atoms with Crippen LogP contribution in [0.15, 0.2) is 65.6 Å². The molecule has 0 aliphatic heterocycles. The number of hydrogen-bond acceptors (Lipinski definition) is 5. The number of nitrogens with one attached hydrogen (secondary N) is 1. The van der Waals surface area contributed by atoms with Gasteiger partial charge in [-0.3, -0.25) is 4.72 Å². The first kappa shape index (κ1) is 22.5. The minimum Gasteiger partial charge on any atom is -0.493 e. The van der Waals surface area contributed by atoms with E-state index in [1.165, 1.54) is 24.3 Å². The monoisotopic (exact) mass is 459 g/mol.